The maximum Gasteiger partial charge on any atom is 0.0970 e. The van der Waals surface area contributed by atoms with Crippen molar-refractivity contribution in [2.75, 3.05) is 0 Å². The van der Waals surface area contributed by atoms with E-state index in [-0.39, 0.29) is 0 Å². The van der Waals surface area contributed by atoms with E-state index in [9.17, 15) is 0 Å². The van der Waals surface area contributed by atoms with Crippen LogP contribution in [0.4, 0.5) is 0 Å². The number of fused-ring (bicyclic) bond motifs is 3. The Labute approximate surface area is 150 Å². The lowest BCUT2D eigenvalue weighted by molar-refractivity contribution is 0.769. The van der Waals surface area contributed by atoms with Crippen LogP contribution in [0.15, 0.2) is 41.5 Å². The van der Waals surface area contributed by atoms with Gasteiger partial charge in [0.1, 0.15) is 0 Å². The molecule has 1 aliphatic carbocycles. The number of rotatable bonds is 3. The number of hydrogen-bond donors (Lipinski definition) is 1. The molecule has 0 fully saturated rings. The van der Waals surface area contributed by atoms with Gasteiger partial charge in [0.25, 0.3) is 0 Å². The van der Waals surface area contributed by atoms with Gasteiger partial charge in [0.2, 0.25) is 0 Å². The van der Waals surface area contributed by atoms with Crippen LogP contribution in [0.5, 0.6) is 0 Å². The first-order valence-electron chi connectivity index (χ1n) is 8.40. The summed E-state index contributed by atoms with van der Waals surface area (Å²) in [5.41, 5.74) is 11.4. The molecule has 4 nitrogen and oxygen atoms in total. The van der Waals surface area contributed by atoms with E-state index in [4.69, 9.17) is 0 Å². The first-order valence-corrected chi connectivity index (χ1v) is 9.34. The van der Waals surface area contributed by atoms with Crippen molar-refractivity contribution >= 4 is 11.3 Å². The first-order chi connectivity index (χ1) is 12.2. The average Bonchev–Trinajstić information content (AvgIpc) is 3.34. The van der Waals surface area contributed by atoms with Crippen LogP contribution < -0.4 is 0 Å². The molecule has 0 saturated heterocycles. The minimum atomic E-state index is 0.848. The van der Waals surface area contributed by atoms with Crippen LogP contribution in [0.1, 0.15) is 27.9 Å². The van der Waals surface area contributed by atoms with Gasteiger partial charge in [0.05, 0.1) is 17.7 Å². The summed E-state index contributed by atoms with van der Waals surface area (Å²) in [5, 5.41) is 12.2. The summed E-state index contributed by atoms with van der Waals surface area (Å²) >= 11 is 1.71. The molecule has 3 heterocycles. The smallest absolute Gasteiger partial charge is 0.0970 e. The third-order valence-electron chi connectivity index (χ3n) is 5.09. The third kappa shape index (κ3) is 2.27. The Balaban J connectivity index is 1.58. The number of aromatic nitrogens is 4. The normalized spacial score (nSPS) is 12.4. The predicted octanol–water partition coefficient (Wildman–Crippen LogP) is 4.57. The topological polar surface area (TPSA) is 46.5 Å². The standard InChI is InChI=1S/C20H18N4S/c1-12-5-14(9-24-11-21-8-13(24)2)6-17-16(12)7-18-19(22-23-20(17)18)15-3-4-25-10-15/h3-6,8,10-11H,7,9H2,1-2H3,(H,22,23). The minimum absolute atomic E-state index is 0.848. The molecular weight excluding hydrogens is 328 g/mol. The quantitative estimate of drug-likeness (QED) is 0.520. The van der Waals surface area contributed by atoms with Crippen molar-refractivity contribution in [1.29, 1.82) is 0 Å². The van der Waals surface area contributed by atoms with Gasteiger partial charge >= 0.3 is 0 Å². The summed E-state index contributed by atoms with van der Waals surface area (Å²) in [6, 6.07) is 6.76. The van der Waals surface area contributed by atoms with E-state index in [1.54, 1.807) is 11.3 Å². The van der Waals surface area contributed by atoms with Gasteiger partial charge in [-0.15, -0.1) is 0 Å². The second-order valence-electron chi connectivity index (χ2n) is 6.72. The van der Waals surface area contributed by atoms with Crippen LogP contribution in [0, 0.1) is 13.8 Å². The van der Waals surface area contributed by atoms with Crippen molar-refractivity contribution in [1.82, 2.24) is 19.7 Å². The fourth-order valence-electron chi connectivity index (χ4n) is 3.76. The zero-order valence-electron chi connectivity index (χ0n) is 14.2. The van der Waals surface area contributed by atoms with Crippen LogP contribution in [0.2, 0.25) is 0 Å². The van der Waals surface area contributed by atoms with Gasteiger partial charge in [-0.3, -0.25) is 5.10 Å². The molecule has 0 amide bonds. The van der Waals surface area contributed by atoms with E-state index in [0.29, 0.717) is 0 Å². The molecule has 0 bridgehead atoms. The highest BCUT2D eigenvalue weighted by Gasteiger charge is 2.27. The number of thiophene rings is 1. The van der Waals surface area contributed by atoms with E-state index in [2.05, 4.69) is 62.6 Å². The highest BCUT2D eigenvalue weighted by molar-refractivity contribution is 7.08. The molecule has 5 rings (SSSR count). The van der Waals surface area contributed by atoms with E-state index in [1.807, 2.05) is 12.5 Å². The molecule has 0 radical (unpaired) electrons. The summed E-state index contributed by atoms with van der Waals surface area (Å²) in [5.74, 6) is 0. The number of nitrogens with zero attached hydrogens (tertiary/aromatic N) is 3. The van der Waals surface area contributed by atoms with Gasteiger partial charge < -0.3 is 4.57 Å². The largest absolute Gasteiger partial charge is 0.330 e. The van der Waals surface area contributed by atoms with Crippen LogP contribution in [-0.2, 0) is 13.0 Å². The van der Waals surface area contributed by atoms with Crippen LogP contribution in [-0.4, -0.2) is 19.7 Å². The molecule has 124 valence electrons. The van der Waals surface area contributed by atoms with Crippen molar-refractivity contribution in [2.45, 2.75) is 26.8 Å². The minimum Gasteiger partial charge on any atom is -0.330 e. The van der Waals surface area contributed by atoms with Crippen molar-refractivity contribution in [3.63, 3.8) is 0 Å². The molecule has 1 aliphatic rings. The maximum absolute atomic E-state index is 4.59. The summed E-state index contributed by atoms with van der Waals surface area (Å²) in [6.07, 6.45) is 4.76. The number of aryl methyl sites for hydroxylation is 2. The molecule has 0 saturated carbocycles. The van der Waals surface area contributed by atoms with E-state index >= 15 is 0 Å². The zero-order chi connectivity index (χ0) is 17.0. The number of nitrogens with one attached hydrogen (secondary N) is 1. The molecule has 0 aliphatic heterocycles. The van der Waals surface area contributed by atoms with Gasteiger partial charge in [-0.2, -0.15) is 16.4 Å². The Morgan fingerprint density at radius 3 is 2.92 bits per heavy atom. The molecule has 0 unspecified atom stereocenters. The summed E-state index contributed by atoms with van der Waals surface area (Å²) in [4.78, 5) is 4.23. The van der Waals surface area contributed by atoms with E-state index in [0.717, 1.165) is 18.7 Å². The Bertz CT molecular complexity index is 1070. The summed E-state index contributed by atoms with van der Waals surface area (Å²) in [7, 11) is 0. The van der Waals surface area contributed by atoms with Crippen LogP contribution in [0.25, 0.3) is 22.5 Å². The second-order valence-corrected chi connectivity index (χ2v) is 7.50. The van der Waals surface area contributed by atoms with E-state index in [1.165, 1.54) is 44.8 Å². The molecule has 4 aromatic rings. The zero-order valence-corrected chi connectivity index (χ0v) is 15.0. The van der Waals surface area contributed by atoms with Crippen molar-refractivity contribution in [3.05, 3.63) is 69.4 Å². The fraction of sp³-hybridized carbons (Fsp3) is 0.200. The lowest BCUT2D eigenvalue weighted by atomic mass is 9.99. The average molecular weight is 346 g/mol. The van der Waals surface area contributed by atoms with Crippen LogP contribution in [0.3, 0.4) is 0 Å². The van der Waals surface area contributed by atoms with Gasteiger partial charge in [-0.05, 0) is 48.1 Å². The molecule has 5 heteroatoms. The molecule has 3 aromatic heterocycles. The predicted molar refractivity (Wildman–Crippen MR) is 101 cm³/mol. The molecule has 25 heavy (non-hydrogen) atoms. The van der Waals surface area contributed by atoms with Gasteiger partial charge in [-0.25, -0.2) is 4.98 Å². The lowest BCUT2D eigenvalue weighted by Crippen LogP contribution is -2.01. The number of aromatic amines is 1. The van der Waals surface area contributed by atoms with Gasteiger partial charge in [0, 0.05) is 46.9 Å². The highest BCUT2D eigenvalue weighted by atomic mass is 32.1. The molecule has 1 N–H and O–H groups in total. The summed E-state index contributed by atoms with van der Waals surface area (Å²) < 4.78 is 2.18. The Hall–Kier alpha value is -2.66. The Morgan fingerprint density at radius 2 is 2.16 bits per heavy atom. The van der Waals surface area contributed by atoms with Crippen molar-refractivity contribution < 1.29 is 0 Å². The number of hydrogen-bond acceptors (Lipinski definition) is 3. The molecule has 0 atom stereocenters. The maximum atomic E-state index is 4.59. The van der Waals surface area contributed by atoms with E-state index < -0.39 is 0 Å². The SMILES string of the molecule is Cc1cc(Cn2cncc2C)cc2c1Cc1c(-c3ccsc3)n[nH]c1-2. The van der Waals surface area contributed by atoms with Crippen molar-refractivity contribution in [2.24, 2.45) is 0 Å². The third-order valence-corrected chi connectivity index (χ3v) is 5.77. The van der Waals surface area contributed by atoms with Gasteiger partial charge in [-0.1, -0.05) is 6.07 Å². The molecule has 0 spiro atoms. The van der Waals surface area contributed by atoms with Gasteiger partial charge in [0.15, 0.2) is 0 Å². The summed E-state index contributed by atoms with van der Waals surface area (Å²) in [6.45, 7) is 5.15. The second kappa shape index (κ2) is 5.43. The van der Waals surface area contributed by atoms with Crippen LogP contribution >= 0.6 is 11.3 Å². The molecule has 1 aromatic carbocycles. The number of imidazole rings is 1. The Kier molecular flexibility index (Phi) is 3.18. The highest BCUT2D eigenvalue weighted by Crippen LogP contribution is 2.42. The monoisotopic (exact) mass is 346 g/mol. The number of H-pyrrole nitrogens is 1. The lowest BCUT2D eigenvalue weighted by Gasteiger charge is -2.11. The van der Waals surface area contributed by atoms with Crippen molar-refractivity contribution in [3.8, 4) is 22.5 Å². The first kappa shape index (κ1) is 14.7. The Morgan fingerprint density at radius 1 is 1.24 bits per heavy atom. The molecular formula is C20H18N4S. The number of benzene rings is 1. The fourth-order valence-corrected chi connectivity index (χ4v) is 4.41.